The lowest BCUT2D eigenvalue weighted by Gasteiger charge is -2.08. The van der Waals surface area contributed by atoms with Crippen LogP contribution in [0.1, 0.15) is 22.5 Å². The number of pyridine rings is 1. The highest BCUT2D eigenvalue weighted by Crippen LogP contribution is 2.09. The molecule has 0 aromatic carbocycles. The molecule has 2 aromatic heterocycles. The molecule has 0 radical (unpaired) electrons. The number of amides is 1. The second kappa shape index (κ2) is 5.99. The Hall–Kier alpha value is -2.37. The smallest absolute Gasteiger partial charge is 0.253 e. The molecule has 19 heavy (non-hydrogen) atoms. The number of hydrogen-bond donors (Lipinski definition) is 2. The average Bonchev–Trinajstić information content (AvgIpc) is 2.90. The molecule has 0 saturated carbocycles. The van der Waals surface area contributed by atoms with Crippen LogP contribution in [-0.4, -0.2) is 27.0 Å². The van der Waals surface area contributed by atoms with E-state index >= 15 is 0 Å². The Kier molecular flexibility index (Phi) is 4.12. The first-order valence-corrected chi connectivity index (χ1v) is 6.13. The third kappa shape index (κ3) is 3.54. The Morgan fingerprint density at radius 1 is 1.53 bits per heavy atom. The maximum atomic E-state index is 12.0. The molecule has 0 aliphatic carbocycles. The highest BCUT2D eigenvalue weighted by Gasteiger charge is 2.09. The van der Waals surface area contributed by atoms with Crippen LogP contribution in [0, 0.1) is 6.92 Å². The van der Waals surface area contributed by atoms with Gasteiger partial charge in [-0.2, -0.15) is 0 Å². The number of nitrogens with zero attached hydrogens (tertiary/aromatic N) is 3. The summed E-state index contributed by atoms with van der Waals surface area (Å²) in [6.07, 6.45) is 7.78. The molecule has 2 rings (SSSR count). The molecular weight excluding hydrogens is 242 g/mol. The number of aryl methyl sites for hydroxylation is 2. The van der Waals surface area contributed by atoms with E-state index in [1.807, 2.05) is 10.8 Å². The van der Waals surface area contributed by atoms with Crippen molar-refractivity contribution in [3.8, 4) is 0 Å². The summed E-state index contributed by atoms with van der Waals surface area (Å²) in [5, 5.41) is 2.86. The summed E-state index contributed by atoms with van der Waals surface area (Å²) >= 11 is 0. The summed E-state index contributed by atoms with van der Waals surface area (Å²) < 4.78 is 1.97. The number of aromatic nitrogens is 3. The van der Waals surface area contributed by atoms with Crippen molar-refractivity contribution in [2.45, 2.75) is 19.9 Å². The molecule has 1 amide bonds. The Labute approximate surface area is 111 Å². The van der Waals surface area contributed by atoms with E-state index in [0.717, 1.165) is 13.0 Å². The standard InChI is InChI=1S/C13H17N5O/c1-10-12(7-11(14)8-17-10)13(19)16-3-2-5-18-6-4-15-9-18/h4,6-9H,2-3,5,14H2,1H3,(H,16,19). The lowest BCUT2D eigenvalue weighted by atomic mass is 10.2. The third-order valence-electron chi connectivity index (χ3n) is 2.79. The molecule has 0 aliphatic rings. The monoisotopic (exact) mass is 259 g/mol. The second-order valence-corrected chi connectivity index (χ2v) is 4.31. The number of anilines is 1. The van der Waals surface area contributed by atoms with Gasteiger partial charge in [0.15, 0.2) is 0 Å². The van der Waals surface area contributed by atoms with Crippen LogP contribution in [0.5, 0.6) is 0 Å². The number of carbonyl (C=O) groups is 1. The van der Waals surface area contributed by atoms with Gasteiger partial charge in [-0.3, -0.25) is 9.78 Å². The van der Waals surface area contributed by atoms with Gasteiger partial charge in [0, 0.05) is 25.5 Å². The van der Waals surface area contributed by atoms with Crippen LogP contribution >= 0.6 is 0 Å². The summed E-state index contributed by atoms with van der Waals surface area (Å²) in [7, 11) is 0. The fourth-order valence-corrected chi connectivity index (χ4v) is 1.76. The van der Waals surface area contributed by atoms with Gasteiger partial charge in [0.05, 0.1) is 29.5 Å². The lowest BCUT2D eigenvalue weighted by Crippen LogP contribution is -2.26. The Bertz CT molecular complexity index is 550. The van der Waals surface area contributed by atoms with Crippen LogP contribution in [0.25, 0.3) is 0 Å². The predicted molar refractivity (Wildman–Crippen MR) is 72.6 cm³/mol. The van der Waals surface area contributed by atoms with Crippen LogP contribution in [0.2, 0.25) is 0 Å². The molecule has 3 N–H and O–H groups in total. The third-order valence-corrected chi connectivity index (χ3v) is 2.79. The summed E-state index contributed by atoms with van der Waals surface area (Å²) in [5.41, 5.74) is 7.34. The van der Waals surface area contributed by atoms with Gasteiger partial charge in [0.2, 0.25) is 0 Å². The van der Waals surface area contributed by atoms with Crippen molar-refractivity contribution in [1.29, 1.82) is 0 Å². The molecule has 2 heterocycles. The Morgan fingerprint density at radius 2 is 2.37 bits per heavy atom. The zero-order valence-electron chi connectivity index (χ0n) is 10.8. The number of carbonyl (C=O) groups excluding carboxylic acids is 1. The minimum Gasteiger partial charge on any atom is -0.397 e. The fourth-order valence-electron chi connectivity index (χ4n) is 1.76. The van der Waals surface area contributed by atoms with E-state index in [9.17, 15) is 4.79 Å². The summed E-state index contributed by atoms with van der Waals surface area (Å²) in [6, 6.07) is 1.65. The average molecular weight is 259 g/mol. The molecule has 0 bridgehead atoms. The van der Waals surface area contributed by atoms with Gasteiger partial charge in [-0.25, -0.2) is 4.98 Å². The quantitative estimate of drug-likeness (QED) is 0.784. The van der Waals surface area contributed by atoms with Gasteiger partial charge < -0.3 is 15.6 Å². The molecule has 0 fully saturated rings. The number of imidazole rings is 1. The van der Waals surface area contributed by atoms with Crippen LogP contribution in [0.15, 0.2) is 31.0 Å². The zero-order chi connectivity index (χ0) is 13.7. The van der Waals surface area contributed by atoms with Crippen molar-refractivity contribution < 1.29 is 4.79 Å². The molecule has 0 atom stereocenters. The molecule has 100 valence electrons. The van der Waals surface area contributed by atoms with E-state index in [0.29, 0.717) is 23.5 Å². The molecule has 0 unspecified atom stereocenters. The highest BCUT2D eigenvalue weighted by atomic mass is 16.1. The van der Waals surface area contributed by atoms with Crippen LogP contribution < -0.4 is 11.1 Å². The van der Waals surface area contributed by atoms with Crippen molar-refractivity contribution in [3.05, 3.63) is 42.2 Å². The van der Waals surface area contributed by atoms with E-state index in [-0.39, 0.29) is 5.91 Å². The van der Waals surface area contributed by atoms with Crippen molar-refractivity contribution in [2.24, 2.45) is 0 Å². The SMILES string of the molecule is Cc1ncc(N)cc1C(=O)NCCCn1ccnc1. The fraction of sp³-hybridized carbons (Fsp3) is 0.308. The number of nitrogens with one attached hydrogen (secondary N) is 1. The molecule has 6 nitrogen and oxygen atoms in total. The number of hydrogen-bond acceptors (Lipinski definition) is 4. The molecule has 2 aromatic rings. The normalized spacial score (nSPS) is 10.4. The van der Waals surface area contributed by atoms with Crippen molar-refractivity contribution in [3.63, 3.8) is 0 Å². The Balaban J connectivity index is 1.82. The molecule has 0 aliphatic heterocycles. The second-order valence-electron chi connectivity index (χ2n) is 4.31. The van der Waals surface area contributed by atoms with Gasteiger partial charge in [0.1, 0.15) is 0 Å². The van der Waals surface area contributed by atoms with Crippen LogP contribution in [0.4, 0.5) is 5.69 Å². The van der Waals surface area contributed by atoms with E-state index < -0.39 is 0 Å². The number of nitrogen functional groups attached to an aromatic ring is 1. The Morgan fingerprint density at radius 3 is 3.11 bits per heavy atom. The van der Waals surface area contributed by atoms with Gasteiger partial charge in [-0.15, -0.1) is 0 Å². The van der Waals surface area contributed by atoms with Crippen molar-refractivity contribution >= 4 is 11.6 Å². The summed E-state index contributed by atoms with van der Waals surface area (Å²) in [6.45, 7) is 3.22. The van der Waals surface area contributed by atoms with Crippen molar-refractivity contribution in [1.82, 2.24) is 19.9 Å². The first kappa shape index (κ1) is 13.1. The highest BCUT2D eigenvalue weighted by molar-refractivity contribution is 5.95. The zero-order valence-corrected chi connectivity index (χ0v) is 10.8. The number of nitrogens with two attached hydrogens (primary N) is 1. The largest absolute Gasteiger partial charge is 0.397 e. The first-order chi connectivity index (χ1) is 9.16. The molecule has 0 saturated heterocycles. The van der Waals surface area contributed by atoms with Gasteiger partial charge in [0.25, 0.3) is 5.91 Å². The predicted octanol–water partition coefficient (Wildman–Crippen LogP) is 0.989. The van der Waals surface area contributed by atoms with E-state index in [1.165, 1.54) is 0 Å². The maximum Gasteiger partial charge on any atom is 0.253 e. The topological polar surface area (TPSA) is 85.8 Å². The molecular formula is C13H17N5O. The van der Waals surface area contributed by atoms with E-state index in [2.05, 4.69) is 15.3 Å². The van der Waals surface area contributed by atoms with E-state index in [4.69, 9.17) is 5.73 Å². The summed E-state index contributed by atoms with van der Waals surface area (Å²) in [4.78, 5) is 20.0. The lowest BCUT2D eigenvalue weighted by molar-refractivity contribution is 0.0951. The first-order valence-electron chi connectivity index (χ1n) is 6.13. The summed E-state index contributed by atoms with van der Waals surface area (Å²) in [5.74, 6) is -0.136. The van der Waals surface area contributed by atoms with Crippen LogP contribution in [-0.2, 0) is 6.54 Å². The van der Waals surface area contributed by atoms with Crippen molar-refractivity contribution in [2.75, 3.05) is 12.3 Å². The minimum atomic E-state index is -0.136. The molecule has 0 spiro atoms. The van der Waals surface area contributed by atoms with Gasteiger partial charge >= 0.3 is 0 Å². The van der Waals surface area contributed by atoms with Gasteiger partial charge in [-0.1, -0.05) is 0 Å². The van der Waals surface area contributed by atoms with Crippen LogP contribution in [0.3, 0.4) is 0 Å². The van der Waals surface area contributed by atoms with Gasteiger partial charge in [-0.05, 0) is 19.4 Å². The van der Waals surface area contributed by atoms with E-state index in [1.54, 1.807) is 31.7 Å². The number of rotatable bonds is 5. The molecule has 6 heteroatoms. The maximum absolute atomic E-state index is 12.0. The minimum absolute atomic E-state index is 0.136.